The van der Waals surface area contributed by atoms with Gasteiger partial charge in [0.1, 0.15) is 6.42 Å². The van der Waals surface area contributed by atoms with Crippen LogP contribution in [0.25, 0.3) is 10.8 Å². The Balaban J connectivity index is 2.07. The molecular formula is C20H22N4O5. The molecular weight excluding hydrogens is 376 g/mol. The molecule has 9 heteroatoms. The minimum atomic E-state index is -0.548. The number of aromatic nitrogens is 1. The van der Waals surface area contributed by atoms with Gasteiger partial charge >= 0.3 is 5.97 Å². The van der Waals surface area contributed by atoms with Crippen LogP contribution in [-0.2, 0) is 25.7 Å². The van der Waals surface area contributed by atoms with Crippen molar-refractivity contribution in [2.75, 3.05) is 25.6 Å². The van der Waals surface area contributed by atoms with Gasteiger partial charge in [-0.1, -0.05) is 6.58 Å². The summed E-state index contributed by atoms with van der Waals surface area (Å²) in [5.74, 6) is -1.46. The van der Waals surface area contributed by atoms with Gasteiger partial charge in [-0.25, -0.2) is 4.79 Å². The van der Waals surface area contributed by atoms with E-state index in [2.05, 4.69) is 16.9 Å². The number of amides is 2. The molecule has 2 N–H and O–H groups in total. The van der Waals surface area contributed by atoms with Gasteiger partial charge in [0.15, 0.2) is 11.7 Å². The summed E-state index contributed by atoms with van der Waals surface area (Å²) in [5.41, 5.74) is 1.31. The summed E-state index contributed by atoms with van der Waals surface area (Å²) in [4.78, 5) is 40.8. The van der Waals surface area contributed by atoms with Crippen LogP contribution in [0.4, 0.5) is 5.69 Å². The van der Waals surface area contributed by atoms with Crippen molar-refractivity contribution in [3.05, 3.63) is 36.5 Å². The van der Waals surface area contributed by atoms with Gasteiger partial charge in [-0.2, -0.15) is 4.99 Å². The van der Waals surface area contributed by atoms with E-state index in [1.54, 1.807) is 10.6 Å². The first-order chi connectivity index (χ1) is 13.8. The van der Waals surface area contributed by atoms with Crippen LogP contribution >= 0.6 is 0 Å². The van der Waals surface area contributed by atoms with Crippen LogP contribution in [0.5, 0.6) is 5.88 Å². The molecule has 1 aromatic carbocycles. The fourth-order valence-corrected chi connectivity index (χ4v) is 3.14. The van der Waals surface area contributed by atoms with Crippen LogP contribution < -0.4 is 10.2 Å². The molecule has 3 rings (SSSR count). The highest BCUT2D eigenvalue weighted by Gasteiger charge is 2.26. The molecule has 0 saturated heterocycles. The Hall–Kier alpha value is -3.62. The molecule has 2 amide bonds. The summed E-state index contributed by atoms with van der Waals surface area (Å²) >= 11 is 0. The minimum absolute atomic E-state index is 0.0228. The first-order valence-corrected chi connectivity index (χ1v) is 9.05. The third-order valence-electron chi connectivity index (χ3n) is 4.51. The molecule has 1 aromatic heterocycles. The second-order valence-electron chi connectivity index (χ2n) is 6.75. The Bertz CT molecular complexity index is 1040. The molecule has 0 unspecified atom stereocenters. The summed E-state index contributed by atoms with van der Waals surface area (Å²) < 4.78 is 6.54. The van der Waals surface area contributed by atoms with Gasteiger partial charge in [0.2, 0.25) is 5.91 Å². The zero-order chi connectivity index (χ0) is 21.1. The molecule has 0 fully saturated rings. The van der Waals surface area contributed by atoms with Crippen LogP contribution in [0.15, 0.2) is 35.8 Å². The Morgan fingerprint density at radius 2 is 2.14 bits per heavy atom. The lowest BCUT2D eigenvalue weighted by molar-refractivity contribution is -0.138. The van der Waals surface area contributed by atoms with Gasteiger partial charge in [-0.15, -0.1) is 0 Å². The lowest BCUT2D eigenvalue weighted by atomic mass is 10.1. The normalized spacial score (nSPS) is 13.8. The number of hydrogen-bond acceptors (Lipinski definition) is 6. The fourth-order valence-electron chi connectivity index (χ4n) is 3.14. The number of carbonyl (C=O) groups excluding carboxylic acids is 3. The standard InChI is InChI=1S/C20H22N4O5/c1-4-17(27)29-9-5-8-24-18(19-21-15(25)11-16(26)22-19)14-10-12(23(2)3)6-7-13(14)20(24)28/h4,6-7,10,28H,1,5,8-9,11H2,2-3H3,(H,21,22,25,26). The molecule has 1 aliphatic heterocycles. The van der Waals surface area contributed by atoms with Crippen LogP contribution in [0.2, 0.25) is 0 Å². The van der Waals surface area contributed by atoms with Gasteiger partial charge in [0.25, 0.3) is 5.91 Å². The van der Waals surface area contributed by atoms with Crippen LogP contribution in [-0.4, -0.2) is 54.0 Å². The van der Waals surface area contributed by atoms with Crippen molar-refractivity contribution in [3.63, 3.8) is 0 Å². The first kappa shape index (κ1) is 20.1. The maximum Gasteiger partial charge on any atom is 0.330 e. The predicted octanol–water partition coefficient (Wildman–Crippen LogP) is 1.33. The molecule has 29 heavy (non-hydrogen) atoms. The predicted molar refractivity (Wildman–Crippen MR) is 108 cm³/mol. The summed E-state index contributed by atoms with van der Waals surface area (Å²) in [6, 6.07) is 5.48. The van der Waals surface area contributed by atoms with E-state index in [9.17, 15) is 19.5 Å². The topological polar surface area (TPSA) is 113 Å². The molecule has 2 aromatic rings. The monoisotopic (exact) mass is 398 g/mol. The van der Waals surface area contributed by atoms with E-state index in [4.69, 9.17) is 4.74 Å². The van der Waals surface area contributed by atoms with E-state index in [0.717, 1.165) is 11.8 Å². The van der Waals surface area contributed by atoms with Crippen molar-refractivity contribution in [3.8, 4) is 5.88 Å². The highest BCUT2D eigenvalue weighted by atomic mass is 16.5. The zero-order valence-electron chi connectivity index (χ0n) is 16.3. The minimum Gasteiger partial charge on any atom is -0.494 e. The number of esters is 1. The van der Waals surface area contributed by atoms with E-state index in [0.29, 0.717) is 22.9 Å². The highest BCUT2D eigenvalue weighted by Crippen LogP contribution is 2.35. The number of nitrogens with zero attached hydrogens (tertiary/aromatic N) is 3. The number of amidine groups is 1. The lowest BCUT2D eigenvalue weighted by Gasteiger charge is -2.17. The smallest absolute Gasteiger partial charge is 0.330 e. The number of aromatic hydroxyl groups is 1. The summed E-state index contributed by atoms with van der Waals surface area (Å²) in [6.07, 6.45) is 1.17. The van der Waals surface area contributed by atoms with E-state index in [-0.39, 0.29) is 31.3 Å². The lowest BCUT2D eigenvalue weighted by Crippen LogP contribution is -2.38. The fraction of sp³-hybridized carbons (Fsp3) is 0.300. The van der Waals surface area contributed by atoms with Crippen molar-refractivity contribution in [2.45, 2.75) is 19.4 Å². The molecule has 1 aliphatic rings. The van der Waals surface area contributed by atoms with Gasteiger partial charge in [0, 0.05) is 43.2 Å². The van der Waals surface area contributed by atoms with Gasteiger partial charge in [-0.05, 0) is 24.6 Å². The van der Waals surface area contributed by atoms with E-state index in [1.165, 1.54) is 0 Å². The Kier molecular flexibility index (Phi) is 5.67. The molecule has 0 radical (unpaired) electrons. The van der Waals surface area contributed by atoms with Gasteiger partial charge in [-0.3, -0.25) is 9.59 Å². The Morgan fingerprint density at radius 3 is 2.79 bits per heavy atom. The second-order valence-corrected chi connectivity index (χ2v) is 6.75. The Morgan fingerprint density at radius 1 is 1.38 bits per heavy atom. The Labute approximate surface area is 167 Å². The quantitative estimate of drug-likeness (QED) is 0.315. The molecule has 0 atom stereocenters. The average Bonchev–Trinajstić information content (AvgIpc) is 2.95. The SMILES string of the molecule is C=CC(=O)OCCCn1c(O)c2ccc(N(C)C)cc2c1C1=NC(=O)CC(=O)N1. The van der Waals surface area contributed by atoms with E-state index >= 15 is 0 Å². The maximum atomic E-state index is 11.9. The molecule has 0 spiro atoms. The van der Waals surface area contributed by atoms with Crippen molar-refractivity contribution in [1.29, 1.82) is 0 Å². The number of carbonyl (C=O) groups is 3. The number of ether oxygens (including phenoxy) is 1. The van der Waals surface area contributed by atoms with Crippen LogP contribution in [0, 0.1) is 0 Å². The van der Waals surface area contributed by atoms with Crippen LogP contribution in [0.3, 0.4) is 0 Å². The summed E-state index contributed by atoms with van der Waals surface area (Å²) in [7, 11) is 3.77. The van der Waals surface area contributed by atoms with Gasteiger partial charge in [0.05, 0.1) is 12.3 Å². The molecule has 0 aliphatic carbocycles. The first-order valence-electron chi connectivity index (χ1n) is 9.05. The number of nitrogens with one attached hydrogen (secondary N) is 1. The number of fused-ring (bicyclic) bond motifs is 1. The molecule has 9 nitrogen and oxygen atoms in total. The average molecular weight is 398 g/mol. The largest absolute Gasteiger partial charge is 0.494 e. The number of rotatable bonds is 7. The van der Waals surface area contributed by atoms with Crippen LogP contribution in [0.1, 0.15) is 18.5 Å². The van der Waals surface area contributed by atoms with Crippen molar-refractivity contribution in [1.82, 2.24) is 9.88 Å². The third kappa shape index (κ3) is 4.13. The zero-order valence-corrected chi connectivity index (χ0v) is 16.3. The number of hydrogen-bond donors (Lipinski definition) is 2. The third-order valence-corrected chi connectivity index (χ3v) is 4.51. The second kappa shape index (κ2) is 8.17. The number of anilines is 1. The number of benzene rings is 1. The molecule has 0 saturated carbocycles. The molecule has 152 valence electrons. The van der Waals surface area contributed by atoms with E-state index < -0.39 is 17.8 Å². The number of aliphatic imine (C=N–C) groups is 1. The van der Waals surface area contributed by atoms with Crippen molar-refractivity contribution < 1.29 is 24.2 Å². The molecule has 2 heterocycles. The van der Waals surface area contributed by atoms with Crippen molar-refractivity contribution in [2.24, 2.45) is 4.99 Å². The maximum absolute atomic E-state index is 11.9. The summed E-state index contributed by atoms with van der Waals surface area (Å²) in [6.45, 7) is 3.74. The van der Waals surface area contributed by atoms with Crippen molar-refractivity contribution >= 4 is 40.1 Å². The van der Waals surface area contributed by atoms with Gasteiger partial charge < -0.3 is 24.6 Å². The van der Waals surface area contributed by atoms with E-state index in [1.807, 2.05) is 31.1 Å². The molecule has 0 bridgehead atoms. The highest BCUT2D eigenvalue weighted by molar-refractivity contribution is 6.23. The summed E-state index contributed by atoms with van der Waals surface area (Å²) in [5, 5.41) is 14.6.